The third kappa shape index (κ3) is 3.30. The van der Waals surface area contributed by atoms with Crippen molar-refractivity contribution in [1.82, 2.24) is 10.3 Å². The SMILES string of the molecule is COC1CCN(c2cc(C)ncc2CNC2CC2)CC1. The average Bonchev–Trinajstić information content (AvgIpc) is 3.30. The van der Waals surface area contributed by atoms with Crippen LogP contribution in [-0.4, -0.2) is 37.3 Å². The van der Waals surface area contributed by atoms with Crippen LogP contribution >= 0.6 is 0 Å². The Balaban J connectivity index is 1.71. The zero-order chi connectivity index (χ0) is 13.9. The molecule has 2 fully saturated rings. The van der Waals surface area contributed by atoms with E-state index in [1.54, 1.807) is 0 Å². The summed E-state index contributed by atoms with van der Waals surface area (Å²) < 4.78 is 5.47. The molecule has 1 aliphatic carbocycles. The zero-order valence-corrected chi connectivity index (χ0v) is 12.6. The third-order valence-electron chi connectivity index (χ3n) is 4.37. The first-order valence-electron chi connectivity index (χ1n) is 7.73. The first-order valence-corrected chi connectivity index (χ1v) is 7.73. The van der Waals surface area contributed by atoms with Crippen molar-refractivity contribution in [2.75, 3.05) is 25.1 Å². The summed E-state index contributed by atoms with van der Waals surface area (Å²) in [5.41, 5.74) is 3.79. The van der Waals surface area contributed by atoms with Crippen LogP contribution in [0.4, 0.5) is 5.69 Å². The number of methoxy groups -OCH3 is 1. The lowest BCUT2D eigenvalue weighted by Crippen LogP contribution is -2.37. The van der Waals surface area contributed by atoms with Gasteiger partial charge in [-0.3, -0.25) is 4.98 Å². The number of aryl methyl sites for hydroxylation is 1. The average molecular weight is 275 g/mol. The number of aromatic nitrogens is 1. The summed E-state index contributed by atoms with van der Waals surface area (Å²) in [5, 5.41) is 3.60. The number of piperidine rings is 1. The number of hydrogen-bond donors (Lipinski definition) is 1. The van der Waals surface area contributed by atoms with Crippen LogP contribution in [0.25, 0.3) is 0 Å². The molecule has 0 spiro atoms. The standard InChI is InChI=1S/C16H25N3O/c1-12-9-16(19-7-5-15(20-2)6-8-19)13(10-17-12)11-18-14-3-4-14/h9-10,14-15,18H,3-8,11H2,1-2H3. The number of pyridine rings is 1. The van der Waals surface area contributed by atoms with E-state index < -0.39 is 0 Å². The van der Waals surface area contributed by atoms with Crippen LogP contribution in [0, 0.1) is 6.92 Å². The fourth-order valence-corrected chi connectivity index (χ4v) is 2.88. The van der Waals surface area contributed by atoms with E-state index >= 15 is 0 Å². The summed E-state index contributed by atoms with van der Waals surface area (Å²) in [6.45, 7) is 5.18. The molecule has 1 saturated carbocycles. The van der Waals surface area contributed by atoms with Gasteiger partial charge in [0.05, 0.1) is 6.10 Å². The highest BCUT2D eigenvalue weighted by atomic mass is 16.5. The smallest absolute Gasteiger partial charge is 0.0605 e. The van der Waals surface area contributed by atoms with Gasteiger partial charge in [0.25, 0.3) is 0 Å². The quantitative estimate of drug-likeness (QED) is 0.894. The molecule has 2 heterocycles. The number of nitrogens with one attached hydrogen (secondary N) is 1. The number of hydrogen-bond acceptors (Lipinski definition) is 4. The van der Waals surface area contributed by atoms with Crippen LogP contribution in [0.2, 0.25) is 0 Å². The maximum absolute atomic E-state index is 5.47. The van der Waals surface area contributed by atoms with Crippen molar-refractivity contribution in [3.63, 3.8) is 0 Å². The molecule has 1 aromatic heterocycles. The van der Waals surface area contributed by atoms with Crippen molar-refractivity contribution in [2.45, 2.75) is 51.3 Å². The number of rotatable bonds is 5. The van der Waals surface area contributed by atoms with Gasteiger partial charge in [-0.1, -0.05) is 0 Å². The molecular formula is C16H25N3O. The van der Waals surface area contributed by atoms with Crippen molar-refractivity contribution in [1.29, 1.82) is 0 Å². The molecule has 0 radical (unpaired) electrons. The molecule has 1 aromatic rings. The highest BCUT2D eigenvalue weighted by Gasteiger charge is 2.23. The van der Waals surface area contributed by atoms with Gasteiger partial charge in [0.15, 0.2) is 0 Å². The van der Waals surface area contributed by atoms with Gasteiger partial charge in [-0.2, -0.15) is 0 Å². The fraction of sp³-hybridized carbons (Fsp3) is 0.688. The predicted molar refractivity (Wildman–Crippen MR) is 81.1 cm³/mol. The monoisotopic (exact) mass is 275 g/mol. The fourth-order valence-electron chi connectivity index (χ4n) is 2.88. The van der Waals surface area contributed by atoms with Crippen LogP contribution in [-0.2, 0) is 11.3 Å². The molecule has 3 rings (SSSR count). The minimum absolute atomic E-state index is 0.433. The van der Waals surface area contributed by atoms with Gasteiger partial charge < -0.3 is 15.0 Å². The van der Waals surface area contributed by atoms with Crippen molar-refractivity contribution < 1.29 is 4.74 Å². The Morgan fingerprint density at radius 3 is 2.70 bits per heavy atom. The first-order chi connectivity index (χ1) is 9.76. The van der Waals surface area contributed by atoms with Gasteiger partial charge in [0, 0.05) is 55.9 Å². The third-order valence-corrected chi connectivity index (χ3v) is 4.37. The Labute approximate surface area is 121 Å². The highest BCUT2D eigenvalue weighted by Crippen LogP contribution is 2.26. The molecule has 4 heteroatoms. The molecule has 1 saturated heterocycles. The van der Waals surface area contributed by atoms with E-state index in [1.807, 2.05) is 13.3 Å². The lowest BCUT2D eigenvalue weighted by Gasteiger charge is -2.34. The molecule has 0 atom stereocenters. The van der Waals surface area contributed by atoms with E-state index in [1.165, 1.54) is 24.1 Å². The topological polar surface area (TPSA) is 37.4 Å². The lowest BCUT2D eigenvalue weighted by molar-refractivity contribution is 0.0819. The summed E-state index contributed by atoms with van der Waals surface area (Å²) >= 11 is 0. The van der Waals surface area contributed by atoms with Crippen LogP contribution < -0.4 is 10.2 Å². The Hall–Kier alpha value is -1.13. The van der Waals surface area contributed by atoms with E-state index in [-0.39, 0.29) is 0 Å². The van der Waals surface area contributed by atoms with Gasteiger partial charge in [0.2, 0.25) is 0 Å². The Morgan fingerprint density at radius 1 is 1.30 bits per heavy atom. The predicted octanol–water partition coefficient (Wildman–Crippen LogP) is 2.26. The highest BCUT2D eigenvalue weighted by molar-refractivity contribution is 5.54. The van der Waals surface area contributed by atoms with Gasteiger partial charge >= 0.3 is 0 Å². The molecule has 4 nitrogen and oxygen atoms in total. The number of nitrogens with zero attached hydrogens (tertiary/aromatic N) is 2. The van der Waals surface area contributed by atoms with Crippen molar-refractivity contribution in [3.8, 4) is 0 Å². The Bertz CT molecular complexity index is 451. The molecular weight excluding hydrogens is 250 g/mol. The largest absolute Gasteiger partial charge is 0.381 e. The van der Waals surface area contributed by atoms with E-state index in [9.17, 15) is 0 Å². The molecule has 20 heavy (non-hydrogen) atoms. The molecule has 0 aromatic carbocycles. The maximum atomic E-state index is 5.47. The lowest BCUT2D eigenvalue weighted by atomic mass is 10.1. The first kappa shape index (κ1) is 13.8. The van der Waals surface area contributed by atoms with E-state index in [0.29, 0.717) is 6.10 Å². The minimum atomic E-state index is 0.433. The van der Waals surface area contributed by atoms with Crippen LogP contribution in [0.5, 0.6) is 0 Å². The molecule has 0 unspecified atom stereocenters. The zero-order valence-electron chi connectivity index (χ0n) is 12.6. The van der Waals surface area contributed by atoms with Crippen molar-refractivity contribution >= 4 is 5.69 Å². The van der Waals surface area contributed by atoms with Crippen molar-refractivity contribution in [3.05, 3.63) is 23.5 Å². The molecule has 1 N–H and O–H groups in total. The molecule has 0 bridgehead atoms. The molecule has 2 aliphatic rings. The van der Waals surface area contributed by atoms with Crippen LogP contribution in [0.1, 0.15) is 36.9 Å². The normalized spacial score (nSPS) is 20.4. The Kier molecular flexibility index (Phi) is 4.22. The number of ether oxygens (including phenoxy) is 1. The second kappa shape index (κ2) is 6.10. The second-order valence-electron chi connectivity index (χ2n) is 6.03. The van der Waals surface area contributed by atoms with Gasteiger partial charge in [-0.15, -0.1) is 0 Å². The summed E-state index contributed by atoms with van der Waals surface area (Å²) in [6, 6.07) is 2.97. The molecule has 110 valence electrons. The van der Waals surface area contributed by atoms with Gasteiger partial charge in [-0.25, -0.2) is 0 Å². The summed E-state index contributed by atoms with van der Waals surface area (Å²) in [7, 11) is 1.82. The van der Waals surface area contributed by atoms with Crippen molar-refractivity contribution in [2.24, 2.45) is 0 Å². The second-order valence-corrected chi connectivity index (χ2v) is 6.03. The molecule has 0 amide bonds. The minimum Gasteiger partial charge on any atom is -0.381 e. The van der Waals surface area contributed by atoms with E-state index in [0.717, 1.165) is 44.2 Å². The number of anilines is 1. The van der Waals surface area contributed by atoms with E-state index in [2.05, 4.69) is 28.2 Å². The summed E-state index contributed by atoms with van der Waals surface area (Å²) in [4.78, 5) is 6.97. The summed E-state index contributed by atoms with van der Waals surface area (Å²) in [5.74, 6) is 0. The van der Waals surface area contributed by atoms with Crippen LogP contribution in [0.3, 0.4) is 0 Å². The molecule has 1 aliphatic heterocycles. The van der Waals surface area contributed by atoms with Gasteiger partial charge in [0.1, 0.15) is 0 Å². The van der Waals surface area contributed by atoms with Crippen LogP contribution in [0.15, 0.2) is 12.3 Å². The summed E-state index contributed by atoms with van der Waals surface area (Å²) in [6.07, 6.45) is 7.37. The Morgan fingerprint density at radius 2 is 2.05 bits per heavy atom. The van der Waals surface area contributed by atoms with Gasteiger partial charge in [-0.05, 0) is 38.7 Å². The maximum Gasteiger partial charge on any atom is 0.0605 e. The van der Waals surface area contributed by atoms with E-state index in [4.69, 9.17) is 4.74 Å².